The summed E-state index contributed by atoms with van der Waals surface area (Å²) in [6.45, 7) is 2.85. The van der Waals surface area contributed by atoms with Gasteiger partial charge in [-0.2, -0.15) is 0 Å². The molecule has 0 radical (unpaired) electrons. The van der Waals surface area contributed by atoms with Crippen LogP contribution in [0.2, 0.25) is 5.15 Å². The van der Waals surface area contributed by atoms with Crippen molar-refractivity contribution in [1.29, 1.82) is 0 Å². The highest BCUT2D eigenvalue weighted by molar-refractivity contribution is 6.29. The average Bonchev–Trinajstić information content (AvgIpc) is 2.42. The van der Waals surface area contributed by atoms with E-state index in [2.05, 4.69) is 16.0 Å². The fraction of sp³-hybridized carbons (Fsp3) is 0.267. The van der Waals surface area contributed by atoms with Gasteiger partial charge in [0.25, 0.3) is 0 Å². The SMILES string of the molecule is Nc1cccc2c1CN(Cc1ccc(Cl)nc1)CC2. The second-order valence-corrected chi connectivity index (χ2v) is 5.32. The van der Waals surface area contributed by atoms with E-state index in [0.29, 0.717) is 5.15 Å². The van der Waals surface area contributed by atoms with Gasteiger partial charge in [0.05, 0.1) is 0 Å². The van der Waals surface area contributed by atoms with Gasteiger partial charge in [0.15, 0.2) is 0 Å². The molecule has 4 heteroatoms. The lowest BCUT2D eigenvalue weighted by molar-refractivity contribution is 0.246. The first-order valence-electron chi connectivity index (χ1n) is 6.41. The summed E-state index contributed by atoms with van der Waals surface area (Å²) in [4.78, 5) is 6.51. The summed E-state index contributed by atoms with van der Waals surface area (Å²) in [6, 6.07) is 10.0. The van der Waals surface area contributed by atoms with Gasteiger partial charge in [-0.1, -0.05) is 29.8 Å². The van der Waals surface area contributed by atoms with Crippen molar-refractivity contribution in [2.75, 3.05) is 12.3 Å². The zero-order valence-corrected chi connectivity index (χ0v) is 11.4. The third kappa shape index (κ3) is 2.72. The van der Waals surface area contributed by atoms with E-state index in [1.54, 1.807) is 0 Å². The Kier molecular flexibility index (Phi) is 3.40. The Bertz CT molecular complexity index is 580. The predicted molar refractivity (Wildman–Crippen MR) is 77.9 cm³/mol. The maximum atomic E-state index is 6.06. The van der Waals surface area contributed by atoms with Gasteiger partial charge in [0.2, 0.25) is 0 Å². The first kappa shape index (κ1) is 12.5. The summed E-state index contributed by atoms with van der Waals surface area (Å²) in [5.41, 5.74) is 10.8. The first-order chi connectivity index (χ1) is 9.22. The van der Waals surface area contributed by atoms with Crippen molar-refractivity contribution in [3.8, 4) is 0 Å². The van der Waals surface area contributed by atoms with Crippen molar-refractivity contribution < 1.29 is 0 Å². The Balaban J connectivity index is 1.75. The number of nitrogens with zero attached hydrogens (tertiary/aromatic N) is 2. The summed E-state index contributed by atoms with van der Waals surface area (Å²) in [5.74, 6) is 0. The Morgan fingerprint density at radius 2 is 2.16 bits per heavy atom. The summed E-state index contributed by atoms with van der Waals surface area (Å²) >= 11 is 5.80. The van der Waals surface area contributed by atoms with Crippen LogP contribution in [0.4, 0.5) is 5.69 Å². The Hall–Kier alpha value is -1.58. The third-order valence-electron chi connectivity index (χ3n) is 3.58. The summed E-state index contributed by atoms with van der Waals surface area (Å²) in [7, 11) is 0. The predicted octanol–water partition coefficient (Wildman–Crippen LogP) is 2.88. The molecule has 0 bridgehead atoms. The van der Waals surface area contributed by atoms with E-state index in [4.69, 9.17) is 17.3 Å². The number of hydrogen-bond donors (Lipinski definition) is 1. The van der Waals surface area contributed by atoms with Crippen molar-refractivity contribution in [3.63, 3.8) is 0 Å². The van der Waals surface area contributed by atoms with E-state index >= 15 is 0 Å². The van der Waals surface area contributed by atoms with Crippen molar-refractivity contribution in [3.05, 3.63) is 58.4 Å². The second-order valence-electron chi connectivity index (χ2n) is 4.93. The van der Waals surface area contributed by atoms with Gasteiger partial charge in [-0.15, -0.1) is 0 Å². The quantitative estimate of drug-likeness (QED) is 0.676. The molecule has 19 heavy (non-hydrogen) atoms. The molecule has 1 aromatic heterocycles. The van der Waals surface area contributed by atoms with Crippen LogP contribution in [-0.4, -0.2) is 16.4 Å². The minimum atomic E-state index is 0.539. The molecule has 1 aromatic carbocycles. The van der Waals surface area contributed by atoms with Crippen molar-refractivity contribution in [2.45, 2.75) is 19.5 Å². The van der Waals surface area contributed by atoms with Crippen LogP contribution in [0, 0.1) is 0 Å². The molecule has 0 aliphatic carbocycles. The topological polar surface area (TPSA) is 42.1 Å². The van der Waals surface area contributed by atoms with Crippen LogP contribution >= 0.6 is 11.6 Å². The number of aromatic nitrogens is 1. The minimum absolute atomic E-state index is 0.539. The number of hydrogen-bond acceptors (Lipinski definition) is 3. The van der Waals surface area contributed by atoms with E-state index in [9.17, 15) is 0 Å². The number of benzene rings is 1. The van der Waals surface area contributed by atoms with Crippen LogP contribution in [0.25, 0.3) is 0 Å². The zero-order chi connectivity index (χ0) is 13.2. The van der Waals surface area contributed by atoms with Gasteiger partial charge in [-0.05, 0) is 35.2 Å². The Morgan fingerprint density at radius 1 is 1.26 bits per heavy atom. The third-order valence-corrected chi connectivity index (χ3v) is 3.81. The second kappa shape index (κ2) is 5.19. The number of anilines is 1. The molecule has 0 unspecified atom stereocenters. The van der Waals surface area contributed by atoms with Crippen molar-refractivity contribution in [2.24, 2.45) is 0 Å². The monoisotopic (exact) mass is 273 g/mol. The van der Waals surface area contributed by atoms with E-state index in [1.165, 1.54) is 16.7 Å². The highest BCUT2D eigenvalue weighted by Gasteiger charge is 2.17. The maximum Gasteiger partial charge on any atom is 0.129 e. The lowest BCUT2D eigenvalue weighted by atomic mass is 9.98. The van der Waals surface area contributed by atoms with Crippen LogP contribution in [-0.2, 0) is 19.5 Å². The van der Waals surface area contributed by atoms with Gasteiger partial charge >= 0.3 is 0 Å². The number of pyridine rings is 1. The fourth-order valence-corrected chi connectivity index (χ4v) is 2.67. The smallest absolute Gasteiger partial charge is 0.129 e. The zero-order valence-electron chi connectivity index (χ0n) is 10.6. The molecule has 0 saturated carbocycles. The van der Waals surface area contributed by atoms with Crippen molar-refractivity contribution in [1.82, 2.24) is 9.88 Å². The van der Waals surface area contributed by atoms with E-state index < -0.39 is 0 Å². The summed E-state index contributed by atoms with van der Waals surface area (Å²) in [6.07, 6.45) is 2.90. The van der Waals surface area contributed by atoms with E-state index in [-0.39, 0.29) is 0 Å². The van der Waals surface area contributed by atoms with Gasteiger partial charge in [0.1, 0.15) is 5.15 Å². The van der Waals surface area contributed by atoms with Gasteiger partial charge < -0.3 is 5.73 Å². The molecule has 98 valence electrons. The van der Waals surface area contributed by atoms with Crippen LogP contribution in [0.1, 0.15) is 16.7 Å². The summed E-state index contributed by atoms with van der Waals surface area (Å²) < 4.78 is 0. The maximum absolute atomic E-state index is 6.06. The number of nitrogens with two attached hydrogens (primary N) is 1. The minimum Gasteiger partial charge on any atom is -0.398 e. The standard InChI is InChI=1S/C15H16ClN3/c16-15-5-4-11(8-18-15)9-19-7-6-12-2-1-3-14(17)13(12)10-19/h1-5,8H,6-7,9-10,17H2. The molecule has 0 fully saturated rings. The average molecular weight is 274 g/mol. The largest absolute Gasteiger partial charge is 0.398 e. The molecule has 0 saturated heterocycles. The lowest BCUT2D eigenvalue weighted by Gasteiger charge is -2.29. The van der Waals surface area contributed by atoms with Gasteiger partial charge in [0, 0.05) is 31.5 Å². The molecule has 0 atom stereocenters. The molecule has 3 nitrogen and oxygen atoms in total. The lowest BCUT2D eigenvalue weighted by Crippen LogP contribution is -2.30. The van der Waals surface area contributed by atoms with Gasteiger partial charge in [-0.25, -0.2) is 4.98 Å². The molecule has 2 N–H and O–H groups in total. The van der Waals surface area contributed by atoms with Crippen LogP contribution in [0.3, 0.4) is 0 Å². The number of rotatable bonds is 2. The Morgan fingerprint density at radius 3 is 2.95 bits per heavy atom. The molecule has 0 amide bonds. The summed E-state index contributed by atoms with van der Waals surface area (Å²) in [5, 5.41) is 0.539. The molecule has 2 aromatic rings. The first-order valence-corrected chi connectivity index (χ1v) is 6.79. The number of halogens is 1. The molecule has 2 heterocycles. The Labute approximate surface area is 118 Å². The van der Waals surface area contributed by atoms with Crippen LogP contribution in [0.5, 0.6) is 0 Å². The van der Waals surface area contributed by atoms with Gasteiger partial charge in [-0.3, -0.25) is 4.90 Å². The van der Waals surface area contributed by atoms with Crippen LogP contribution in [0.15, 0.2) is 36.5 Å². The normalized spacial score (nSPS) is 15.2. The molecule has 0 spiro atoms. The molecule has 1 aliphatic rings. The number of nitrogen functional groups attached to an aromatic ring is 1. The number of fused-ring (bicyclic) bond motifs is 1. The fourth-order valence-electron chi connectivity index (χ4n) is 2.56. The highest BCUT2D eigenvalue weighted by Crippen LogP contribution is 2.25. The highest BCUT2D eigenvalue weighted by atomic mass is 35.5. The molecular weight excluding hydrogens is 258 g/mol. The van der Waals surface area contributed by atoms with Crippen molar-refractivity contribution >= 4 is 17.3 Å². The van der Waals surface area contributed by atoms with E-state index in [0.717, 1.165) is 31.7 Å². The van der Waals surface area contributed by atoms with Crippen LogP contribution < -0.4 is 5.73 Å². The molecule has 3 rings (SSSR count). The molecule has 1 aliphatic heterocycles. The van der Waals surface area contributed by atoms with E-state index in [1.807, 2.05) is 30.5 Å². The molecular formula is C15H16ClN3.